The molecule has 0 heterocycles. The Kier molecular flexibility index (Phi) is 5.71. The van der Waals surface area contributed by atoms with E-state index in [1.807, 2.05) is 30.3 Å². The molecule has 0 aromatic heterocycles. The zero-order valence-electron chi connectivity index (χ0n) is 13.1. The van der Waals surface area contributed by atoms with Crippen molar-refractivity contribution < 1.29 is 14.3 Å². The minimum atomic E-state index is -1.04. The molecular formula is C18H21FN2O2. The molecule has 0 fully saturated rings. The van der Waals surface area contributed by atoms with Crippen LogP contribution in [-0.4, -0.2) is 23.3 Å². The Hall–Kier alpha value is -2.40. The van der Waals surface area contributed by atoms with E-state index in [1.165, 1.54) is 12.1 Å². The molecule has 3 N–H and O–H groups in total. The highest BCUT2D eigenvalue weighted by molar-refractivity contribution is 5.89. The standard InChI is InChI=1S/C18H21FN2O2/c1-18(23,12-11-14-7-3-2-4-8-14)13-20-17(22)21-16-10-6-5-9-15(16)19/h2-10,23H,11-13H2,1H3,(H2,20,21,22). The average molecular weight is 316 g/mol. The van der Waals surface area contributed by atoms with Gasteiger partial charge in [-0.2, -0.15) is 0 Å². The van der Waals surface area contributed by atoms with E-state index in [2.05, 4.69) is 10.6 Å². The summed E-state index contributed by atoms with van der Waals surface area (Å²) in [4.78, 5) is 11.8. The fourth-order valence-corrected chi connectivity index (χ4v) is 2.15. The van der Waals surface area contributed by atoms with Crippen molar-refractivity contribution in [2.45, 2.75) is 25.4 Å². The van der Waals surface area contributed by atoms with Crippen molar-refractivity contribution in [2.75, 3.05) is 11.9 Å². The summed E-state index contributed by atoms with van der Waals surface area (Å²) < 4.78 is 13.4. The van der Waals surface area contributed by atoms with E-state index in [0.717, 1.165) is 5.56 Å². The molecule has 0 spiro atoms. The number of amides is 2. The van der Waals surface area contributed by atoms with Crippen LogP contribution < -0.4 is 10.6 Å². The molecule has 0 aliphatic carbocycles. The van der Waals surface area contributed by atoms with Crippen molar-refractivity contribution in [1.29, 1.82) is 0 Å². The molecule has 2 rings (SSSR count). The molecule has 0 bridgehead atoms. The quantitative estimate of drug-likeness (QED) is 0.765. The van der Waals surface area contributed by atoms with Crippen LogP contribution in [0.2, 0.25) is 0 Å². The normalized spacial score (nSPS) is 13.2. The number of benzene rings is 2. The molecule has 0 aliphatic rings. The summed E-state index contributed by atoms with van der Waals surface area (Å²) in [6.45, 7) is 1.75. The maximum Gasteiger partial charge on any atom is 0.319 e. The van der Waals surface area contributed by atoms with Gasteiger partial charge in [-0.25, -0.2) is 9.18 Å². The van der Waals surface area contributed by atoms with Gasteiger partial charge in [0.1, 0.15) is 5.82 Å². The van der Waals surface area contributed by atoms with Gasteiger partial charge >= 0.3 is 6.03 Å². The Labute approximate surface area is 135 Å². The first-order chi connectivity index (χ1) is 11.0. The number of carbonyl (C=O) groups excluding carboxylic acids is 1. The molecule has 0 saturated carbocycles. The van der Waals surface area contributed by atoms with Gasteiger partial charge in [-0.05, 0) is 37.5 Å². The molecule has 4 nitrogen and oxygen atoms in total. The molecule has 0 saturated heterocycles. The molecule has 0 aliphatic heterocycles. The van der Waals surface area contributed by atoms with E-state index in [4.69, 9.17) is 0 Å². The van der Waals surface area contributed by atoms with E-state index in [-0.39, 0.29) is 12.2 Å². The predicted molar refractivity (Wildman–Crippen MR) is 88.8 cm³/mol. The predicted octanol–water partition coefficient (Wildman–Crippen LogP) is 3.33. The van der Waals surface area contributed by atoms with Gasteiger partial charge in [0, 0.05) is 6.54 Å². The number of carbonyl (C=O) groups is 1. The van der Waals surface area contributed by atoms with E-state index in [0.29, 0.717) is 12.8 Å². The Balaban J connectivity index is 1.79. The van der Waals surface area contributed by atoms with E-state index < -0.39 is 17.4 Å². The zero-order valence-corrected chi connectivity index (χ0v) is 13.1. The van der Waals surface area contributed by atoms with Gasteiger partial charge in [-0.1, -0.05) is 42.5 Å². The van der Waals surface area contributed by atoms with Crippen LogP contribution in [0.3, 0.4) is 0 Å². The van der Waals surface area contributed by atoms with E-state index in [1.54, 1.807) is 19.1 Å². The number of nitrogens with one attached hydrogen (secondary N) is 2. The van der Waals surface area contributed by atoms with Crippen LogP contribution >= 0.6 is 0 Å². The lowest BCUT2D eigenvalue weighted by Gasteiger charge is -2.23. The summed E-state index contributed by atoms with van der Waals surface area (Å²) in [5.74, 6) is -0.501. The van der Waals surface area contributed by atoms with Crippen LogP contribution in [0.4, 0.5) is 14.9 Å². The number of aryl methyl sites for hydroxylation is 1. The highest BCUT2D eigenvalue weighted by atomic mass is 19.1. The number of urea groups is 1. The summed E-state index contributed by atoms with van der Waals surface area (Å²) in [5.41, 5.74) is 0.195. The second-order valence-corrected chi connectivity index (χ2v) is 5.77. The highest BCUT2D eigenvalue weighted by Gasteiger charge is 2.21. The fourth-order valence-electron chi connectivity index (χ4n) is 2.15. The molecule has 0 radical (unpaired) electrons. The summed E-state index contributed by atoms with van der Waals surface area (Å²) in [6.07, 6.45) is 1.22. The van der Waals surface area contributed by atoms with Crippen molar-refractivity contribution in [2.24, 2.45) is 0 Å². The van der Waals surface area contributed by atoms with Crippen LogP contribution in [-0.2, 0) is 6.42 Å². The number of rotatable bonds is 6. The minimum absolute atomic E-state index is 0.0835. The first-order valence-corrected chi connectivity index (χ1v) is 7.52. The van der Waals surface area contributed by atoms with Crippen LogP contribution in [0.15, 0.2) is 54.6 Å². The Morgan fingerprint density at radius 1 is 1.13 bits per heavy atom. The molecule has 1 unspecified atom stereocenters. The van der Waals surface area contributed by atoms with E-state index in [9.17, 15) is 14.3 Å². The number of hydrogen-bond donors (Lipinski definition) is 3. The van der Waals surface area contributed by atoms with Crippen LogP contribution in [0, 0.1) is 5.82 Å². The van der Waals surface area contributed by atoms with Gasteiger partial charge in [0.15, 0.2) is 0 Å². The Bertz CT molecular complexity index is 644. The molecule has 5 heteroatoms. The third-order valence-electron chi connectivity index (χ3n) is 3.55. The molecule has 2 aromatic rings. The lowest BCUT2D eigenvalue weighted by atomic mass is 9.97. The highest BCUT2D eigenvalue weighted by Crippen LogP contribution is 2.14. The second-order valence-electron chi connectivity index (χ2n) is 5.77. The molecule has 1 atom stereocenters. The summed E-state index contributed by atoms with van der Waals surface area (Å²) in [7, 11) is 0. The first kappa shape index (κ1) is 17.0. The topological polar surface area (TPSA) is 61.4 Å². The molecule has 23 heavy (non-hydrogen) atoms. The molecule has 2 amide bonds. The molecular weight excluding hydrogens is 295 g/mol. The summed E-state index contributed by atoms with van der Waals surface area (Å²) >= 11 is 0. The number of para-hydroxylation sites is 1. The minimum Gasteiger partial charge on any atom is -0.388 e. The van der Waals surface area contributed by atoms with Gasteiger partial charge < -0.3 is 15.7 Å². The second kappa shape index (κ2) is 7.74. The average Bonchev–Trinajstić information content (AvgIpc) is 2.55. The molecule has 122 valence electrons. The Morgan fingerprint density at radius 3 is 2.48 bits per heavy atom. The van der Waals surface area contributed by atoms with Gasteiger partial charge in [0.05, 0.1) is 11.3 Å². The SMILES string of the molecule is CC(O)(CCc1ccccc1)CNC(=O)Nc1ccccc1F. The van der Waals surface area contributed by atoms with Crippen molar-refractivity contribution in [3.8, 4) is 0 Å². The number of aliphatic hydroxyl groups is 1. The fraction of sp³-hybridized carbons (Fsp3) is 0.278. The van der Waals surface area contributed by atoms with Crippen molar-refractivity contribution in [1.82, 2.24) is 5.32 Å². The maximum absolute atomic E-state index is 13.4. The monoisotopic (exact) mass is 316 g/mol. The third kappa shape index (κ3) is 5.71. The Morgan fingerprint density at radius 2 is 1.78 bits per heavy atom. The summed E-state index contributed by atoms with van der Waals surface area (Å²) in [6, 6.07) is 15.2. The van der Waals surface area contributed by atoms with Crippen LogP contribution in [0.1, 0.15) is 18.9 Å². The van der Waals surface area contributed by atoms with Crippen LogP contribution in [0.25, 0.3) is 0 Å². The van der Waals surface area contributed by atoms with E-state index >= 15 is 0 Å². The summed E-state index contributed by atoms with van der Waals surface area (Å²) in [5, 5.41) is 15.3. The van der Waals surface area contributed by atoms with Crippen molar-refractivity contribution in [3.05, 3.63) is 66.0 Å². The van der Waals surface area contributed by atoms with Gasteiger partial charge in [-0.15, -0.1) is 0 Å². The lowest BCUT2D eigenvalue weighted by molar-refractivity contribution is 0.0539. The number of halogens is 1. The van der Waals surface area contributed by atoms with Gasteiger partial charge in [0.2, 0.25) is 0 Å². The zero-order chi connectivity index (χ0) is 16.7. The van der Waals surface area contributed by atoms with Crippen molar-refractivity contribution in [3.63, 3.8) is 0 Å². The van der Waals surface area contributed by atoms with Crippen LogP contribution in [0.5, 0.6) is 0 Å². The number of anilines is 1. The maximum atomic E-state index is 13.4. The largest absolute Gasteiger partial charge is 0.388 e. The third-order valence-corrected chi connectivity index (χ3v) is 3.55. The first-order valence-electron chi connectivity index (χ1n) is 7.52. The lowest BCUT2D eigenvalue weighted by Crippen LogP contribution is -2.42. The van der Waals surface area contributed by atoms with Crippen molar-refractivity contribution >= 4 is 11.7 Å². The van der Waals surface area contributed by atoms with Gasteiger partial charge in [-0.3, -0.25) is 0 Å². The smallest absolute Gasteiger partial charge is 0.319 e. The van der Waals surface area contributed by atoms with Gasteiger partial charge in [0.25, 0.3) is 0 Å². The molecule has 2 aromatic carbocycles. The number of hydrogen-bond acceptors (Lipinski definition) is 2.